The molecule has 1 heterocycles. The molecule has 0 aliphatic carbocycles. The van der Waals surface area contributed by atoms with Crippen molar-refractivity contribution in [2.45, 2.75) is 32.7 Å². The van der Waals surface area contributed by atoms with Gasteiger partial charge in [0.25, 0.3) is 0 Å². The molecule has 1 aliphatic rings. The Bertz CT molecular complexity index is 448. The van der Waals surface area contributed by atoms with E-state index in [1.54, 1.807) is 0 Å². The molecule has 18 heavy (non-hydrogen) atoms. The lowest BCUT2D eigenvalue weighted by molar-refractivity contribution is 0.439. The van der Waals surface area contributed by atoms with Crippen molar-refractivity contribution in [1.82, 2.24) is 5.32 Å². The van der Waals surface area contributed by atoms with Crippen molar-refractivity contribution in [1.29, 1.82) is 5.26 Å². The highest BCUT2D eigenvalue weighted by Gasteiger charge is 2.20. The molecule has 1 unspecified atom stereocenters. The second-order valence-electron chi connectivity index (χ2n) is 5.11. The number of nitrogens with one attached hydrogen (secondary N) is 1. The van der Waals surface area contributed by atoms with Crippen LogP contribution in [0.25, 0.3) is 0 Å². The first kappa shape index (κ1) is 12.9. The number of nitriles is 1. The van der Waals surface area contributed by atoms with E-state index in [0.717, 1.165) is 13.1 Å². The van der Waals surface area contributed by atoms with E-state index in [1.807, 2.05) is 0 Å². The second kappa shape index (κ2) is 5.88. The van der Waals surface area contributed by atoms with E-state index < -0.39 is 0 Å². The molecular weight excluding hydrogens is 222 g/mol. The van der Waals surface area contributed by atoms with Gasteiger partial charge in [0.1, 0.15) is 0 Å². The number of rotatable bonds is 3. The molecule has 1 saturated heterocycles. The number of anilines is 1. The van der Waals surface area contributed by atoms with E-state index in [2.05, 4.69) is 48.3 Å². The van der Waals surface area contributed by atoms with Crippen LogP contribution in [0, 0.1) is 25.2 Å². The normalized spacial score (nSPS) is 19.6. The van der Waals surface area contributed by atoms with E-state index in [0.29, 0.717) is 12.6 Å². The minimum absolute atomic E-state index is 0.443. The van der Waals surface area contributed by atoms with Crippen LogP contribution >= 0.6 is 0 Å². The molecule has 0 spiro atoms. The fourth-order valence-electron chi connectivity index (χ4n) is 2.61. The van der Waals surface area contributed by atoms with Crippen LogP contribution in [-0.4, -0.2) is 25.7 Å². The van der Waals surface area contributed by atoms with Gasteiger partial charge in [0.05, 0.1) is 12.6 Å². The van der Waals surface area contributed by atoms with Crippen molar-refractivity contribution in [3.05, 3.63) is 29.3 Å². The molecule has 0 saturated carbocycles. The predicted octanol–water partition coefficient (Wildman–Crippen LogP) is 2.39. The Labute approximate surface area is 109 Å². The number of hydrogen-bond acceptors (Lipinski definition) is 3. The Kier molecular flexibility index (Phi) is 4.22. The Morgan fingerprint density at radius 3 is 3.06 bits per heavy atom. The third-order valence-electron chi connectivity index (χ3n) is 3.60. The van der Waals surface area contributed by atoms with Gasteiger partial charge < -0.3 is 4.90 Å². The van der Waals surface area contributed by atoms with Crippen LogP contribution in [0.1, 0.15) is 24.0 Å². The topological polar surface area (TPSA) is 39.1 Å². The van der Waals surface area contributed by atoms with Crippen molar-refractivity contribution in [3.8, 4) is 6.07 Å². The fourth-order valence-corrected chi connectivity index (χ4v) is 2.61. The summed E-state index contributed by atoms with van der Waals surface area (Å²) in [6, 6.07) is 9.22. The summed E-state index contributed by atoms with van der Waals surface area (Å²) in [4.78, 5) is 2.45. The molecule has 1 aromatic rings. The average Bonchev–Trinajstić information content (AvgIpc) is 2.39. The van der Waals surface area contributed by atoms with Gasteiger partial charge in [-0.2, -0.15) is 5.26 Å². The molecule has 0 radical (unpaired) electrons. The minimum Gasteiger partial charge on any atom is -0.370 e. The molecule has 1 aliphatic heterocycles. The quantitative estimate of drug-likeness (QED) is 0.828. The molecule has 1 atom stereocenters. The van der Waals surface area contributed by atoms with Crippen molar-refractivity contribution >= 4 is 5.69 Å². The summed E-state index contributed by atoms with van der Waals surface area (Å²) in [5.41, 5.74) is 3.99. The number of benzene rings is 1. The van der Waals surface area contributed by atoms with Crippen LogP contribution in [0.15, 0.2) is 18.2 Å². The molecule has 0 bridgehead atoms. The number of aryl methyl sites for hydroxylation is 2. The molecule has 1 N–H and O–H groups in total. The molecule has 0 aromatic heterocycles. The molecule has 96 valence electrons. The first-order chi connectivity index (χ1) is 8.70. The Morgan fingerprint density at radius 2 is 2.28 bits per heavy atom. The van der Waals surface area contributed by atoms with Gasteiger partial charge in [-0.15, -0.1) is 0 Å². The van der Waals surface area contributed by atoms with Crippen molar-refractivity contribution in [3.63, 3.8) is 0 Å². The Morgan fingerprint density at radius 1 is 1.44 bits per heavy atom. The second-order valence-corrected chi connectivity index (χ2v) is 5.11. The molecule has 1 aromatic carbocycles. The van der Waals surface area contributed by atoms with Crippen molar-refractivity contribution < 1.29 is 0 Å². The molecular formula is C15H21N3. The Balaban J connectivity index is 2.08. The molecule has 2 rings (SSSR count). The van der Waals surface area contributed by atoms with Crippen LogP contribution < -0.4 is 10.2 Å². The van der Waals surface area contributed by atoms with E-state index in [4.69, 9.17) is 5.26 Å². The monoisotopic (exact) mass is 243 g/mol. The highest BCUT2D eigenvalue weighted by molar-refractivity contribution is 5.55. The van der Waals surface area contributed by atoms with E-state index in [9.17, 15) is 0 Å². The van der Waals surface area contributed by atoms with Gasteiger partial charge in [-0.25, -0.2) is 0 Å². The van der Waals surface area contributed by atoms with Gasteiger partial charge >= 0.3 is 0 Å². The van der Waals surface area contributed by atoms with E-state index in [-0.39, 0.29) is 0 Å². The van der Waals surface area contributed by atoms with E-state index in [1.165, 1.54) is 29.7 Å². The van der Waals surface area contributed by atoms with Crippen molar-refractivity contribution in [2.24, 2.45) is 0 Å². The van der Waals surface area contributed by atoms with E-state index >= 15 is 0 Å². The van der Waals surface area contributed by atoms with Crippen LogP contribution in [-0.2, 0) is 0 Å². The maximum absolute atomic E-state index is 8.63. The molecule has 0 amide bonds. The summed E-state index contributed by atoms with van der Waals surface area (Å²) >= 11 is 0. The minimum atomic E-state index is 0.443. The summed E-state index contributed by atoms with van der Waals surface area (Å²) in [6.07, 6.45) is 2.36. The summed E-state index contributed by atoms with van der Waals surface area (Å²) in [6.45, 7) is 6.88. The lowest BCUT2D eigenvalue weighted by Crippen LogP contribution is -2.46. The maximum atomic E-state index is 8.63. The third kappa shape index (κ3) is 3.02. The molecule has 1 fully saturated rings. The lowest BCUT2D eigenvalue weighted by atomic mass is 10.0. The molecule has 3 heteroatoms. The first-order valence-electron chi connectivity index (χ1n) is 6.63. The standard InChI is InChI=1S/C15H21N3/c1-12-5-6-13(2)15(10-12)18-9-3-4-14(11-18)17-8-7-16/h5-6,10,14,17H,3-4,8-9,11H2,1-2H3. The Hall–Kier alpha value is -1.53. The zero-order chi connectivity index (χ0) is 13.0. The van der Waals surface area contributed by atoms with Crippen LogP contribution in [0.4, 0.5) is 5.69 Å². The third-order valence-corrected chi connectivity index (χ3v) is 3.60. The van der Waals surface area contributed by atoms with Gasteiger partial charge in [0, 0.05) is 24.8 Å². The molecule has 3 nitrogen and oxygen atoms in total. The summed E-state index contributed by atoms with van der Waals surface area (Å²) in [7, 11) is 0. The van der Waals surface area contributed by atoms with Gasteiger partial charge in [-0.05, 0) is 43.9 Å². The fraction of sp³-hybridized carbons (Fsp3) is 0.533. The summed E-state index contributed by atoms with van der Waals surface area (Å²) < 4.78 is 0. The zero-order valence-corrected chi connectivity index (χ0v) is 11.2. The average molecular weight is 243 g/mol. The lowest BCUT2D eigenvalue weighted by Gasteiger charge is -2.35. The smallest absolute Gasteiger partial charge is 0.0843 e. The van der Waals surface area contributed by atoms with Crippen LogP contribution in [0.5, 0.6) is 0 Å². The van der Waals surface area contributed by atoms with Gasteiger partial charge in [-0.3, -0.25) is 5.32 Å². The SMILES string of the molecule is Cc1ccc(C)c(N2CCCC(NCC#N)C2)c1. The highest BCUT2D eigenvalue weighted by atomic mass is 15.2. The van der Waals surface area contributed by atoms with Crippen LogP contribution in [0.2, 0.25) is 0 Å². The maximum Gasteiger partial charge on any atom is 0.0843 e. The number of nitrogens with zero attached hydrogens (tertiary/aromatic N) is 2. The van der Waals surface area contributed by atoms with Crippen LogP contribution in [0.3, 0.4) is 0 Å². The summed E-state index contributed by atoms with van der Waals surface area (Å²) in [5.74, 6) is 0. The van der Waals surface area contributed by atoms with Crippen molar-refractivity contribution in [2.75, 3.05) is 24.5 Å². The predicted molar refractivity (Wildman–Crippen MR) is 74.8 cm³/mol. The van der Waals surface area contributed by atoms with Gasteiger partial charge in [0.15, 0.2) is 0 Å². The number of hydrogen-bond donors (Lipinski definition) is 1. The highest BCUT2D eigenvalue weighted by Crippen LogP contribution is 2.24. The zero-order valence-electron chi connectivity index (χ0n) is 11.2. The van der Waals surface area contributed by atoms with Gasteiger partial charge in [0.2, 0.25) is 0 Å². The number of piperidine rings is 1. The first-order valence-corrected chi connectivity index (χ1v) is 6.63. The van der Waals surface area contributed by atoms with Gasteiger partial charge in [-0.1, -0.05) is 12.1 Å². The largest absolute Gasteiger partial charge is 0.370 e. The summed E-state index contributed by atoms with van der Waals surface area (Å²) in [5, 5.41) is 11.9.